The molecule has 0 fully saturated rings. The second-order valence-corrected chi connectivity index (χ2v) is 5.44. The highest BCUT2D eigenvalue weighted by Gasteiger charge is 2.09. The Kier molecular flexibility index (Phi) is 4.18. The average Bonchev–Trinajstić information content (AvgIpc) is 2.33. The van der Waals surface area contributed by atoms with Gasteiger partial charge >= 0.3 is 0 Å². The molecule has 1 N–H and O–H groups in total. The van der Waals surface area contributed by atoms with Crippen molar-refractivity contribution >= 4 is 22.6 Å². The topological polar surface area (TPSA) is 20.2 Å². The van der Waals surface area contributed by atoms with Gasteiger partial charge in [0.15, 0.2) is 0 Å². The van der Waals surface area contributed by atoms with Crippen LogP contribution >= 0.6 is 22.6 Å². The highest BCUT2D eigenvalue weighted by Crippen LogP contribution is 2.21. The smallest absolute Gasteiger partial charge is 0.0830 e. The molecule has 0 spiro atoms. The maximum atomic E-state index is 10.2. The molecule has 0 aliphatic rings. The number of rotatable bonds is 3. The minimum Gasteiger partial charge on any atom is -0.388 e. The molecule has 0 saturated heterocycles. The molecule has 0 radical (unpaired) electrons. The third-order valence-electron chi connectivity index (χ3n) is 2.93. The largest absolute Gasteiger partial charge is 0.388 e. The molecule has 1 unspecified atom stereocenters. The fraction of sp³-hybridized carbons (Fsp3) is 0.200. The van der Waals surface area contributed by atoms with Crippen LogP contribution in [0.1, 0.15) is 22.8 Å². The first-order valence-electron chi connectivity index (χ1n) is 5.65. The van der Waals surface area contributed by atoms with Crippen LogP contribution in [0.15, 0.2) is 48.5 Å². The van der Waals surface area contributed by atoms with Crippen molar-refractivity contribution < 1.29 is 5.11 Å². The second kappa shape index (κ2) is 5.65. The van der Waals surface area contributed by atoms with Crippen LogP contribution in [0.25, 0.3) is 0 Å². The van der Waals surface area contributed by atoms with Crippen LogP contribution < -0.4 is 0 Å². The van der Waals surface area contributed by atoms with Gasteiger partial charge in [0.05, 0.1) is 6.10 Å². The van der Waals surface area contributed by atoms with Gasteiger partial charge in [-0.15, -0.1) is 0 Å². The Bertz CT molecular complexity index is 491. The van der Waals surface area contributed by atoms with Crippen LogP contribution in [0, 0.1) is 10.5 Å². The molecule has 2 rings (SSSR count). The predicted octanol–water partition coefficient (Wildman–Crippen LogP) is 3.88. The zero-order chi connectivity index (χ0) is 12.3. The first-order valence-corrected chi connectivity index (χ1v) is 6.73. The van der Waals surface area contributed by atoms with Gasteiger partial charge in [0, 0.05) is 9.99 Å². The number of aliphatic hydroxyl groups is 1. The van der Waals surface area contributed by atoms with Crippen LogP contribution in [-0.2, 0) is 6.42 Å². The molecule has 17 heavy (non-hydrogen) atoms. The summed E-state index contributed by atoms with van der Waals surface area (Å²) in [6.45, 7) is 2.08. The second-order valence-electron chi connectivity index (χ2n) is 4.20. The van der Waals surface area contributed by atoms with E-state index in [-0.39, 0.29) is 0 Å². The third kappa shape index (κ3) is 3.30. The number of benzene rings is 2. The molecule has 0 aliphatic heterocycles. The van der Waals surface area contributed by atoms with Gasteiger partial charge in [-0.3, -0.25) is 0 Å². The lowest BCUT2D eigenvalue weighted by molar-refractivity contribution is 0.178. The molecule has 88 valence electrons. The summed E-state index contributed by atoms with van der Waals surface area (Å²) < 4.78 is 1.19. The summed E-state index contributed by atoms with van der Waals surface area (Å²) in [5.41, 5.74) is 3.42. The maximum Gasteiger partial charge on any atom is 0.0830 e. The van der Waals surface area contributed by atoms with Crippen molar-refractivity contribution in [3.05, 3.63) is 68.8 Å². The zero-order valence-corrected chi connectivity index (χ0v) is 11.9. The van der Waals surface area contributed by atoms with Crippen molar-refractivity contribution in [3.8, 4) is 0 Å². The van der Waals surface area contributed by atoms with Crippen LogP contribution in [0.3, 0.4) is 0 Å². The number of aliphatic hydroxyl groups excluding tert-OH is 1. The number of aryl methyl sites for hydroxylation is 1. The first kappa shape index (κ1) is 12.6. The molecule has 0 aromatic heterocycles. The molecule has 1 atom stereocenters. The van der Waals surface area contributed by atoms with Gasteiger partial charge in [-0.05, 0) is 58.3 Å². The molecular formula is C15H15IO. The van der Waals surface area contributed by atoms with Gasteiger partial charge in [0.1, 0.15) is 0 Å². The Morgan fingerprint density at radius 2 is 1.71 bits per heavy atom. The lowest BCUT2D eigenvalue weighted by atomic mass is 9.98. The molecule has 0 aliphatic carbocycles. The van der Waals surface area contributed by atoms with Crippen molar-refractivity contribution in [2.75, 3.05) is 0 Å². The Balaban J connectivity index is 2.14. The summed E-state index contributed by atoms with van der Waals surface area (Å²) in [5.74, 6) is 0. The fourth-order valence-electron chi connectivity index (χ4n) is 1.85. The Labute approximate surface area is 116 Å². The Morgan fingerprint density at radius 1 is 1.06 bits per heavy atom. The maximum absolute atomic E-state index is 10.2. The van der Waals surface area contributed by atoms with Gasteiger partial charge in [-0.1, -0.05) is 36.4 Å². The fourth-order valence-corrected chi connectivity index (χ4v) is 2.21. The van der Waals surface area contributed by atoms with Crippen molar-refractivity contribution in [1.82, 2.24) is 0 Å². The van der Waals surface area contributed by atoms with E-state index in [4.69, 9.17) is 0 Å². The summed E-state index contributed by atoms with van der Waals surface area (Å²) in [5, 5.41) is 10.2. The van der Waals surface area contributed by atoms with E-state index in [1.807, 2.05) is 36.4 Å². The van der Waals surface area contributed by atoms with Gasteiger partial charge in [-0.2, -0.15) is 0 Å². The van der Waals surface area contributed by atoms with E-state index in [0.29, 0.717) is 6.42 Å². The van der Waals surface area contributed by atoms with Crippen molar-refractivity contribution in [1.29, 1.82) is 0 Å². The van der Waals surface area contributed by atoms with Crippen LogP contribution in [-0.4, -0.2) is 5.11 Å². The number of hydrogen-bond acceptors (Lipinski definition) is 1. The van der Waals surface area contributed by atoms with Crippen molar-refractivity contribution in [2.45, 2.75) is 19.4 Å². The lowest BCUT2D eigenvalue weighted by Gasteiger charge is -2.13. The quantitative estimate of drug-likeness (QED) is 0.843. The molecule has 0 saturated carbocycles. The minimum absolute atomic E-state index is 0.423. The third-order valence-corrected chi connectivity index (χ3v) is 3.65. The van der Waals surface area contributed by atoms with E-state index in [1.165, 1.54) is 14.7 Å². The standard InChI is InChI=1S/C15H15IO/c1-11-4-2-3-5-13(11)10-15(17)12-6-8-14(16)9-7-12/h2-9,15,17H,10H2,1H3. The normalized spacial score (nSPS) is 12.4. The van der Waals surface area contributed by atoms with Gasteiger partial charge in [-0.25, -0.2) is 0 Å². The molecule has 2 aromatic carbocycles. The number of hydrogen-bond donors (Lipinski definition) is 1. The summed E-state index contributed by atoms with van der Waals surface area (Å²) in [6, 6.07) is 16.2. The van der Waals surface area contributed by atoms with Crippen LogP contribution in [0.5, 0.6) is 0 Å². The lowest BCUT2D eigenvalue weighted by Crippen LogP contribution is -2.03. The van der Waals surface area contributed by atoms with E-state index in [1.54, 1.807) is 0 Å². The summed E-state index contributed by atoms with van der Waals surface area (Å²) in [7, 11) is 0. The molecule has 2 aromatic rings. The van der Waals surface area contributed by atoms with Crippen LogP contribution in [0.2, 0.25) is 0 Å². The SMILES string of the molecule is Cc1ccccc1CC(O)c1ccc(I)cc1. The van der Waals surface area contributed by atoms with E-state index in [9.17, 15) is 5.11 Å². The summed E-state index contributed by atoms with van der Waals surface area (Å²) in [4.78, 5) is 0. The van der Waals surface area contributed by atoms with Gasteiger partial charge < -0.3 is 5.11 Å². The molecule has 0 heterocycles. The average molecular weight is 338 g/mol. The van der Waals surface area contributed by atoms with Crippen molar-refractivity contribution in [2.24, 2.45) is 0 Å². The zero-order valence-electron chi connectivity index (χ0n) is 9.73. The monoisotopic (exact) mass is 338 g/mol. The van der Waals surface area contributed by atoms with Gasteiger partial charge in [0.2, 0.25) is 0 Å². The number of halogens is 1. The Morgan fingerprint density at radius 3 is 2.35 bits per heavy atom. The Hall–Kier alpha value is -0.870. The molecule has 2 heteroatoms. The summed E-state index contributed by atoms with van der Waals surface area (Å²) in [6.07, 6.45) is 0.251. The van der Waals surface area contributed by atoms with E-state index >= 15 is 0 Å². The van der Waals surface area contributed by atoms with E-state index in [0.717, 1.165) is 5.56 Å². The highest BCUT2D eigenvalue weighted by atomic mass is 127. The first-order chi connectivity index (χ1) is 8.16. The summed E-state index contributed by atoms with van der Waals surface area (Å²) >= 11 is 2.27. The highest BCUT2D eigenvalue weighted by molar-refractivity contribution is 14.1. The molecule has 0 bridgehead atoms. The molecular weight excluding hydrogens is 323 g/mol. The van der Waals surface area contributed by atoms with E-state index < -0.39 is 6.10 Å². The van der Waals surface area contributed by atoms with Gasteiger partial charge in [0.25, 0.3) is 0 Å². The minimum atomic E-state index is -0.423. The van der Waals surface area contributed by atoms with Crippen molar-refractivity contribution in [3.63, 3.8) is 0 Å². The predicted molar refractivity (Wildman–Crippen MR) is 79.0 cm³/mol. The van der Waals surface area contributed by atoms with Crippen LogP contribution in [0.4, 0.5) is 0 Å². The molecule has 0 amide bonds. The van der Waals surface area contributed by atoms with E-state index in [2.05, 4.69) is 41.6 Å². The molecule has 1 nitrogen and oxygen atoms in total.